The quantitative estimate of drug-likeness (QED) is 0.376. The van der Waals surface area contributed by atoms with Crippen molar-refractivity contribution in [3.05, 3.63) is 34.7 Å². The third-order valence-electron chi connectivity index (χ3n) is 7.02. The largest absolute Gasteiger partial charge is 0.477 e. The second-order valence-electron chi connectivity index (χ2n) is 10.2. The fourth-order valence-electron chi connectivity index (χ4n) is 4.91. The average molecular weight is 582 g/mol. The molecule has 1 unspecified atom stereocenters. The molecule has 1 aliphatic heterocycles. The fraction of sp³-hybridized carbons (Fsp3) is 0.481. The molecule has 1 aliphatic carbocycles. The number of halogens is 3. The van der Waals surface area contributed by atoms with Crippen molar-refractivity contribution in [2.45, 2.75) is 64.7 Å². The highest BCUT2D eigenvalue weighted by Crippen LogP contribution is 2.43. The van der Waals surface area contributed by atoms with E-state index in [9.17, 15) is 32.7 Å². The van der Waals surface area contributed by atoms with Gasteiger partial charge in [-0.15, -0.1) is 23.1 Å². The molecule has 0 spiro atoms. The topological polar surface area (TPSA) is 99.1 Å². The van der Waals surface area contributed by atoms with Crippen LogP contribution in [0.5, 0.6) is 0 Å². The molecule has 12 heteroatoms. The summed E-state index contributed by atoms with van der Waals surface area (Å²) in [5.41, 5.74) is 0.360. The van der Waals surface area contributed by atoms with Gasteiger partial charge in [0, 0.05) is 22.6 Å². The summed E-state index contributed by atoms with van der Waals surface area (Å²) in [7, 11) is 0. The van der Waals surface area contributed by atoms with Gasteiger partial charge in [0.1, 0.15) is 10.9 Å². The van der Waals surface area contributed by atoms with Crippen LogP contribution in [0.3, 0.4) is 0 Å². The van der Waals surface area contributed by atoms with Crippen LogP contribution >= 0.6 is 23.1 Å². The van der Waals surface area contributed by atoms with Gasteiger partial charge in [0.2, 0.25) is 11.8 Å². The minimum Gasteiger partial charge on any atom is -0.477 e. The van der Waals surface area contributed by atoms with Crippen molar-refractivity contribution in [2.75, 3.05) is 16.0 Å². The maximum absolute atomic E-state index is 14.0. The highest BCUT2D eigenvalue weighted by Gasteiger charge is 2.36. The number of rotatable bonds is 7. The fourth-order valence-corrected chi connectivity index (χ4v) is 6.63. The van der Waals surface area contributed by atoms with E-state index in [-0.39, 0.29) is 38.9 Å². The summed E-state index contributed by atoms with van der Waals surface area (Å²) in [6, 6.07) is 3.83. The summed E-state index contributed by atoms with van der Waals surface area (Å²) in [6.07, 6.45) is -1.51. The molecule has 1 saturated carbocycles. The zero-order valence-electron chi connectivity index (χ0n) is 21.7. The first-order valence-electron chi connectivity index (χ1n) is 12.7. The molecule has 1 aromatic heterocycles. The lowest BCUT2D eigenvalue weighted by Gasteiger charge is -2.33. The summed E-state index contributed by atoms with van der Waals surface area (Å²) in [4.78, 5) is 43.8. The van der Waals surface area contributed by atoms with Gasteiger partial charge in [-0.05, 0) is 69.2 Å². The van der Waals surface area contributed by atoms with E-state index in [2.05, 4.69) is 17.2 Å². The SMILES string of the molecule is CC1CCC(C(=O)N(c2cc(-c3ccc(NC(=O)C4CSC=N4)c(C(F)(F)F)c3)sc2C(=O)O)C(C)C)CC1. The second-order valence-corrected chi connectivity index (χ2v) is 12.2. The Bertz CT molecular complexity index is 1280. The summed E-state index contributed by atoms with van der Waals surface area (Å²) >= 11 is 2.12. The number of carbonyl (C=O) groups is 3. The lowest BCUT2D eigenvalue weighted by molar-refractivity contribution is -0.137. The molecule has 2 amide bonds. The number of thiophene rings is 1. The molecule has 2 N–H and O–H groups in total. The van der Waals surface area contributed by atoms with Crippen LogP contribution in [-0.4, -0.2) is 46.3 Å². The number of amides is 2. The zero-order valence-corrected chi connectivity index (χ0v) is 23.4. The van der Waals surface area contributed by atoms with Crippen molar-refractivity contribution >= 4 is 57.8 Å². The molecule has 210 valence electrons. The van der Waals surface area contributed by atoms with E-state index in [1.807, 2.05) is 0 Å². The predicted octanol–water partition coefficient (Wildman–Crippen LogP) is 6.78. The summed E-state index contributed by atoms with van der Waals surface area (Å²) in [6.45, 7) is 5.72. The van der Waals surface area contributed by atoms with Crippen molar-refractivity contribution in [2.24, 2.45) is 16.8 Å². The van der Waals surface area contributed by atoms with Crippen LogP contribution in [0.1, 0.15) is 61.7 Å². The number of carbonyl (C=O) groups excluding carboxylic acids is 2. The molecule has 2 aliphatic rings. The number of carboxylic acid groups (broad SMARTS) is 1. The van der Waals surface area contributed by atoms with Crippen LogP contribution in [0.15, 0.2) is 29.3 Å². The average Bonchev–Trinajstić information content (AvgIpc) is 3.55. The molecule has 1 fully saturated rings. The van der Waals surface area contributed by atoms with Crippen molar-refractivity contribution in [3.8, 4) is 10.4 Å². The van der Waals surface area contributed by atoms with Crippen LogP contribution in [0.4, 0.5) is 24.5 Å². The maximum Gasteiger partial charge on any atom is 0.418 e. The van der Waals surface area contributed by atoms with Crippen molar-refractivity contribution in [1.82, 2.24) is 0 Å². The molecular weight excluding hydrogens is 551 g/mol. The van der Waals surface area contributed by atoms with Crippen LogP contribution in [0, 0.1) is 11.8 Å². The number of carboxylic acids is 1. The number of hydrogen-bond donors (Lipinski definition) is 2. The highest BCUT2D eigenvalue weighted by atomic mass is 32.2. The second kappa shape index (κ2) is 11.7. The van der Waals surface area contributed by atoms with Gasteiger partial charge in [0.25, 0.3) is 0 Å². The lowest BCUT2D eigenvalue weighted by Crippen LogP contribution is -2.42. The number of alkyl halides is 3. The molecule has 2 aromatic rings. The molecule has 2 heterocycles. The summed E-state index contributed by atoms with van der Waals surface area (Å²) < 4.78 is 42.1. The number of hydrogen-bond acceptors (Lipinski definition) is 6. The maximum atomic E-state index is 14.0. The molecule has 1 atom stereocenters. The molecule has 4 rings (SSSR count). The van der Waals surface area contributed by atoms with Crippen molar-refractivity contribution in [1.29, 1.82) is 0 Å². The summed E-state index contributed by atoms with van der Waals surface area (Å²) in [5.74, 6) is -1.39. The van der Waals surface area contributed by atoms with Gasteiger partial charge in [-0.3, -0.25) is 14.6 Å². The number of nitrogens with zero attached hydrogens (tertiary/aromatic N) is 2. The Hall–Kier alpha value is -2.86. The number of nitrogens with one attached hydrogen (secondary N) is 1. The Labute approximate surface area is 232 Å². The van der Waals surface area contributed by atoms with Crippen LogP contribution in [0.25, 0.3) is 10.4 Å². The van der Waals surface area contributed by atoms with Crippen molar-refractivity contribution in [3.63, 3.8) is 0 Å². The first kappa shape index (κ1) is 29.1. The zero-order chi connectivity index (χ0) is 28.5. The van der Waals surface area contributed by atoms with E-state index in [1.54, 1.807) is 13.8 Å². The van der Waals surface area contributed by atoms with Crippen LogP contribution < -0.4 is 10.2 Å². The van der Waals surface area contributed by atoms with Gasteiger partial charge in [-0.1, -0.05) is 13.0 Å². The number of aliphatic imine (C=N–C) groups is 1. The first-order valence-corrected chi connectivity index (χ1v) is 14.6. The third-order valence-corrected chi connectivity index (χ3v) is 8.96. The molecule has 0 saturated heterocycles. The summed E-state index contributed by atoms with van der Waals surface area (Å²) in [5, 5.41) is 12.3. The Morgan fingerprint density at radius 2 is 1.82 bits per heavy atom. The Morgan fingerprint density at radius 3 is 2.38 bits per heavy atom. The predicted molar refractivity (Wildman–Crippen MR) is 149 cm³/mol. The van der Waals surface area contributed by atoms with E-state index in [4.69, 9.17) is 0 Å². The van der Waals surface area contributed by atoms with Gasteiger partial charge in [0.05, 0.1) is 22.5 Å². The molecule has 0 bridgehead atoms. The molecule has 1 aromatic carbocycles. The molecule has 0 radical (unpaired) electrons. The van der Waals surface area contributed by atoms with E-state index in [1.165, 1.54) is 34.3 Å². The van der Waals surface area contributed by atoms with E-state index in [0.717, 1.165) is 49.2 Å². The standard InChI is InChI=1S/C27H30F3N3O4S2/c1-14(2)33(25(35)16-6-4-15(3)5-7-16)21-11-22(39-23(21)26(36)37)17-8-9-19(18(10-17)27(28,29)30)32-24(34)20-12-38-13-31-20/h8-11,13-16,20H,4-7,12H2,1-3H3,(H,32,34)(H,36,37). The number of thioether (sulfide) groups is 1. The van der Waals surface area contributed by atoms with Crippen LogP contribution in [-0.2, 0) is 15.8 Å². The van der Waals surface area contributed by atoms with Gasteiger partial charge in [0.15, 0.2) is 0 Å². The van der Waals surface area contributed by atoms with Gasteiger partial charge >= 0.3 is 12.1 Å². The normalized spacial score (nSPS) is 21.3. The Kier molecular flexibility index (Phi) is 8.75. The number of benzene rings is 1. The molecule has 39 heavy (non-hydrogen) atoms. The van der Waals surface area contributed by atoms with Crippen molar-refractivity contribution < 1.29 is 32.7 Å². The van der Waals surface area contributed by atoms with Gasteiger partial charge in [-0.25, -0.2) is 4.79 Å². The number of anilines is 2. The smallest absolute Gasteiger partial charge is 0.418 e. The third kappa shape index (κ3) is 6.49. The Balaban J connectivity index is 1.70. The number of aromatic carboxylic acids is 1. The van der Waals surface area contributed by atoms with E-state index < -0.39 is 35.3 Å². The monoisotopic (exact) mass is 581 g/mol. The molecular formula is C27H30F3N3O4S2. The first-order chi connectivity index (χ1) is 18.4. The van der Waals surface area contributed by atoms with E-state index >= 15 is 0 Å². The van der Waals surface area contributed by atoms with E-state index in [0.29, 0.717) is 11.7 Å². The van der Waals surface area contributed by atoms with Gasteiger partial charge < -0.3 is 15.3 Å². The van der Waals surface area contributed by atoms with Crippen LogP contribution in [0.2, 0.25) is 0 Å². The minimum absolute atomic E-state index is 0.112. The molecule has 7 nitrogen and oxygen atoms in total. The highest BCUT2D eigenvalue weighted by molar-refractivity contribution is 8.12. The van der Waals surface area contributed by atoms with Gasteiger partial charge in [-0.2, -0.15) is 13.2 Å². The lowest BCUT2D eigenvalue weighted by atomic mass is 9.82. The minimum atomic E-state index is -4.78. The Morgan fingerprint density at radius 1 is 1.13 bits per heavy atom.